The molecule has 6 aromatic rings. The van der Waals surface area contributed by atoms with Crippen molar-refractivity contribution in [3.8, 4) is 11.5 Å². The number of Topliss-reactive ketones (excluding diaryl/α,β-unsaturated/α-hetero) is 1. The first-order chi connectivity index (χ1) is 22.0. The van der Waals surface area contributed by atoms with Crippen LogP contribution >= 0.6 is 11.7 Å². The molecule has 45 heavy (non-hydrogen) atoms. The molecule has 0 amide bonds. The van der Waals surface area contributed by atoms with E-state index in [-0.39, 0.29) is 23.4 Å². The molecule has 8 heteroatoms. The summed E-state index contributed by atoms with van der Waals surface area (Å²) in [4.78, 5) is 26.9. The molecule has 0 atom stereocenters. The lowest BCUT2D eigenvalue weighted by Gasteiger charge is -2.14. The van der Waals surface area contributed by atoms with Crippen molar-refractivity contribution in [1.29, 1.82) is 0 Å². The van der Waals surface area contributed by atoms with Crippen LogP contribution in [-0.2, 0) is 24.4 Å². The molecule has 222 valence electrons. The molecule has 1 heterocycles. The Bertz CT molecular complexity index is 1950. The third-order valence-corrected chi connectivity index (χ3v) is 7.81. The molecule has 0 fully saturated rings. The highest BCUT2D eigenvalue weighted by molar-refractivity contribution is 7.00. The van der Waals surface area contributed by atoms with E-state index in [4.69, 9.17) is 9.47 Å². The fraction of sp³-hybridized carbons (Fsp3) is 0.0811. The summed E-state index contributed by atoms with van der Waals surface area (Å²) in [5.41, 5.74) is 4.89. The second-order valence-electron chi connectivity index (χ2n) is 10.3. The number of aliphatic carboxylic acids is 1. The Morgan fingerprint density at radius 1 is 0.600 bits per heavy atom. The SMILES string of the molecule is O=C(O)C(=C(Cc1ccc(OCc2ccccc2)cc1)C(=O)c1ccc(OCc2ccccc2)cc1)c1ccc2nsnc2c1. The van der Waals surface area contributed by atoms with Gasteiger partial charge in [0.2, 0.25) is 0 Å². The van der Waals surface area contributed by atoms with Crippen molar-refractivity contribution >= 4 is 40.1 Å². The highest BCUT2D eigenvalue weighted by Crippen LogP contribution is 2.29. The van der Waals surface area contributed by atoms with Crippen LogP contribution in [0.1, 0.15) is 32.6 Å². The molecule has 0 aliphatic rings. The van der Waals surface area contributed by atoms with E-state index in [0.717, 1.165) is 28.4 Å². The molecule has 6 rings (SSSR count). The predicted molar refractivity (Wildman–Crippen MR) is 174 cm³/mol. The van der Waals surface area contributed by atoms with Crippen molar-refractivity contribution in [2.75, 3.05) is 0 Å². The summed E-state index contributed by atoms with van der Waals surface area (Å²) in [6.07, 6.45) is 0.0963. The number of carboxylic acid groups (broad SMARTS) is 1. The Labute approximate surface area is 264 Å². The number of carboxylic acids is 1. The number of hydrogen-bond donors (Lipinski definition) is 1. The molecule has 0 aliphatic carbocycles. The minimum Gasteiger partial charge on any atom is -0.489 e. The maximum absolute atomic E-state index is 14.1. The molecule has 0 spiro atoms. The second-order valence-corrected chi connectivity index (χ2v) is 10.9. The topological polar surface area (TPSA) is 98.6 Å². The van der Waals surface area contributed by atoms with Gasteiger partial charge in [0, 0.05) is 17.6 Å². The number of carbonyl (C=O) groups excluding carboxylic acids is 1. The van der Waals surface area contributed by atoms with Crippen LogP contribution in [-0.4, -0.2) is 25.6 Å². The van der Waals surface area contributed by atoms with Crippen molar-refractivity contribution in [1.82, 2.24) is 8.75 Å². The molecule has 0 saturated carbocycles. The minimum absolute atomic E-state index is 0.0799. The summed E-state index contributed by atoms with van der Waals surface area (Å²) in [5.74, 6) is -0.313. The molecule has 7 nitrogen and oxygen atoms in total. The zero-order chi connectivity index (χ0) is 31.0. The van der Waals surface area contributed by atoms with Gasteiger partial charge in [-0.3, -0.25) is 4.79 Å². The van der Waals surface area contributed by atoms with Gasteiger partial charge >= 0.3 is 5.97 Å². The number of ether oxygens (including phenoxy) is 2. The minimum atomic E-state index is -1.20. The summed E-state index contributed by atoms with van der Waals surface area (Å²) in [6.45, 7) is 0.813. The normalized spacial score (nSPS) is 11.6. The zero-order valence-corrected chi connectivity index (χ0v) is 24.9. The number of ketones is 1. The maximum Gasteiger partial charge on any atom is 0.336 e. The number of aromatic nitrogens is 2. The van der Waals surface area contributed by atoms with Crippen LogP contribution in [0.4, 0.5) is 0 Å². The van der Waals surface area contributed by atoms with Gasteiger partial charge in [-0.1, -0.05) is 78.9 Å². The summed E-state index contributed by atoms with van der Waals surface area (Å²) < 4.78 is 20.3. The smallest absolute Gasteiger partial charge is 0.336 e. The Kier molecular flexibility index (Phi) is 9.03. The molecule has 0 aliphatic heterocycles. The van der Waals surface area contributed by atoms with Crippen LogP contribution in [0, 0.1) is 0 Å². The Morgan fingerprint density at radius 3 is 1.71 bits per heavy atom. The molecular formula is C37H28N2O5S. The van der Waals surface area contributed by atoms with Gasteiger partial charge in [0.05, 0.1) is 17.3 Å². The molecule has 5 aromatic carbocycles. The van der Waals surface area contributed by atoms with Crippen molar-refractivity contribution in [2.45, 2.75) is 19.6 Å². The first-order valence-corrected chi connectivity index (χ1v) is 15.0. The monoisotopic (exact) mass is 612 g/mol. The number of rotatable bonds is 12. The van der Waals surface area contributed by atoms with Crippen molar-refractivity contribution in [2.24, 2.45) is 0 Å². The third kappa shape index (κ3) is 7.31. The van der Waals surface area contributed by atoms with E-state index < -0.39 is 5.97 Å². The van der Waals surface area contributed by atoms with Crippen LogP contribution in [0.15, 0.2) is 133 Å². The van der Waals surface area contributed by atoms with Gasteiger partial charge < -0.3 is 14.6 Å². The lowest BCUT2D eigenvalue weighted by molar-refractivity contribution is -0.130. The quantitative estimate of drug-likeness (QED) is 0.111. The molecule has 0 bridgehead atoms. The maximum atomic E-state index is 14.1. The molecule has 1 aromatic heterocycles. The number of allylic oxidation sites excluding steroid dienone is 1. The van der Waals surface area contributed by atoms with Crippen molar-refractivity contribution < 1.29 is 24.2 Å². The summed E-state index contributed by atoms with van der Waals surface area (Å²) in [7, 11) is 0. The zero-order valence-electron chi connectivity index (χ0n) is 24.1. The van der Waals surface area contributed by atoms with Crippen molar-refractivity contribution in [3.63, 3.8) is 0 Å². The van der Waals surface area contributed by atoms with Crippen LogP contribution in [0.5, 0.6) is 11.5 Å². The van der Waals surface area contributed by atoms with Gasteiger partial charge in [0.25, 0.3) is 0 Å². The van der Waals surface area contributed by atoms with Crippen LogP contribution in [0.2, 0.25) is 0 Å². The van der Waals surface area contributed by atoms with E-state index >= 15 is 0 Å². The van der Waals surface area contributed by atoms with Gasteiger partial charge in [0.1, 0.15) is 35.7 Å². The van der Waals surface area contributed by atoms with E-state index in [1.807, 2.05) is 84.9 Å². The van der Waals surface area contributed by atoms with E-state index in [2.05, 4.69) is 8.75 Å². The van der Waals surface area contributed by atoms with Gasteiger partial charge in [-0.25, -0.2) is 4.79 Å². The third-order valence-electron chi connectivity index (χ3n) is 7.25. The Balaban J connectivity index is 1.29. The van der Waals surface area contributed by atoms with E-state index in [1.54, 1.807) is 42.5 Å². The largest absolute Gasteiger partial charge is 0.489 e. The highest BCUT2D eigenvalue weighted by atomic mass is 32.1. The molecule has 0 radical (unpaired) electrons. The predicted octanol–water partition coefficient (Wildman–Crippen LogP) is 7.81. The second kappa shape index (κ2) is 13.8. The number of benzene rings is 5. The highest BCUT2D eigenvalue weighted by Gasteiger charge is 2.24. The average molecular weight is 613 g/mol. The summed E-state index contributed by atoms with van der Waals surface area (Å²) in [5, 5.41) is 10.5. The molecule has 0 unspecified atom stereocenters. The van der Waals surface area contributed by atoms with Gasteiger partial charge in [-0.05, 0) is 70.8 Å². The summed E-state index contributed by atoms with van der Waals surface area (Å²) in [6, 6.07) is 38.8. The number of fused-ring (bicyclic) bond motifs is 1. The number of hydrogen-bond acceptors (Lipinski definition) is 7. The fourth-order valence-corrected chi connectivity index (χ4v) is 5.43. The molecular weight excluding hydrogens is 584 g/mol. The lowest BCUT2D eigenvalue weighted by Crippen LogP contribution is -2.14. The van der Waals surface area contributed by atoms with Gasteiger partial charge in [0.15, 0.2) is 5.78 Å². The number of carbonyl (C=O) groups is 2. The van der Waals surface area contributed by atoms with E-state index in [9.17, 15) is 14.7 Å². The fourth-order valence-electron chi connectivity index (χ4n) is 4.91. The van der Waals surface area contributed by atoms with E-state index in [1.165, 1.54) is 0 Å². The molecule has 0 saturated heterocycles. The van der Waals surface area contributed by atoms with Gasteiger partial charge in [-0.2, -0.15) is 8.75 Å². The average Bonchev–Trinajstić information content (AvgIpc) is 3.56. The Morgan fingerprint density at radius 2 is 1.13 bits per heavy atom. The van der Waals surface area contributed by atoms with Crippen LogP contribution < -0.4 is 9.47 Å². The standard InChI is InChI=1S/C37H28N2O5S/c40-36(28-13-18-31(19-14-28)44-24-27-9-5-2-6-10-27)32(35(37(41)42)29-15-20-33-34(22-29)39-45-38-33)21-25-11-16-30(17-12-25)43-23-26-7-3-1-4-8-26/h1-20,22H,21,23-24H2,(H,41,42). The number of nitrogens with zero attached hydrogens (tertiary/aromatic N) is 2. The van der Waals surface area contributed by atoms with Crippen LogP contribution in [0.3, 0.4) is 0 Å². The van der Waals surface area contributed by atoms with E-state index in [0.29, 0.717) is 46.9 Å². The van der Waals surface area contributed by atoms with Crippen molar-refractivity contribution in [3.05, 3.63) is 161 Å². The summed E-state index contributed by atoms with van der Waals surface area (Å²) >= 11 is 1.05. The Hall–Kier alpha value is -5.60. The first kappa shape index (κ1) is 29.5. The van der Waals surface area contributed by atoms with Crippen LogP contribution in [0.25, 0.3) is 16.6 Å². The first-order valence-electron chi connectivity index (χ1n) is 14.3. The van der Waals surface area contributed by atoms with Gasteiger partial charge in [-0.15, -0.1) is 0 Å². The lowest BCUT2D eigenvalue weighted by atomic mass is 9.89. The molecule has 1 N–H and O–H groups in total.